The lowest BCUT2D eigenvalue weighted by Gasteiger charge is -2.35. The van der Waals surface area contributed by atoms with Crippen molar-refractivity contribution in [3.63, 3.8) is 0 Å². The molecule has 0 saturated heterocycles. The largest absolute Gasteiger partial charge is 0.388 e. The van der Waals surface area contributed by atoms with E-state index in [0.717, 1.165) is 22.3 Å². The lowest BCUT2D eigenvalue weighted by molar-refractivity contribution is -0.195. The molecule has 0 unspecified atom stereocenters. The van der Waals surface area contributed by atoms with Crippen molar-refractivity contribution >= 4 is 5.91 Å². The molecule has 4 atom stereocenters. The lowest BCUT2D eigenvalue weighted by atomic mass is 10.0. The van der Waals surface area contributed by atoms with E-state index in [1.165, 1.54) is 7.11 Å². The Morgan fingerprint density at radius 2 is 1.00 bits per heavy atom. The van der Waals surface area contributed by atoms with Gasteiger partial charge >= 0.3 is 0 Å². The number of aliphatic hydroxyl groups is 1. The highest BCUT2D eigenvalue weighted by molar-refractivity contribution is 5.80. The zero-order valence-electron chi connectivity index (χ0n) is 24.3. The first-order chi connectivity index (χ1) is 21.1. The van der Waals surface area contributed by atoms with Crippen LogP contribution in [0.1, 0.15) is 22.3 Å². The van der Waals surface area contributed by atoms with E-state index in [1.54, 1.807) is 0 Å². The van der Waals surface area contributed by atoms with Crippen LogP contribution >= 0.6 is 0 Å². The van der Waals surface area contributed by atoms with E-state index < -0.39 is 30.3 Å². The Kier molecular flexibility index (Phi) is 13.4. The van der Waals surface area contributed by atoms with E-state index in [0.29, 0.717) is 6.61 Å². The van der Waals surface area contributed by atoms with E-state index >= 15 is 0 Å². The Morgan fingerprint density at radius 3 is 1.44 bits per heavy atom. The van der Waals surface area contributed by atoms with Gasteiger partial charge in [0.15, 0.2) is 6.10 Å². The summed E-state index contributed by atoms with van der Waals surface area (Å²) in [5, 5.41) is 11.5. The summed E-state index contributed by atoms with van der Waals surface area (Å²) < 4.78 is 24.8. The number of amides is 1. The van der Waals surface area contributed by atoms with Crippen LogP contribution in [0.3, 0.4) is 0 Å². The van der Waals surface area contributed by atoms with Crippen LogP contribution in [0.25, 0.3) is 0 Å². The van der Waals surface area contributed by atoms with Gasteiger partial charge in [0, 0.05) is 0 Å². The first-order valence-electron chi connectivity index (χ1n) is 14.2. The van der Waals surface area contributed by atoms with Gasteiger partial charge in [-0.15, -0.1) is 0 Å². The summed E-state index contributed by atoms with van der Waals surface area (Å²) in [5.41, 5.74) is 6.00. The number of carbonyl (C=O) groups excluding carboxylic acids is 1. The molecule has 0 aliphatic heterocycles. The first-order valence-corrected chi connectivity index (χ1v) is 14.2. The van der Waals surface area contributed by atoms with E-state index in [9.17, 15) is 9.90 Å². The molecule has 0 fully saturated rings. The van der Waals surface area contributed by atoms with Crippen LogP contribution in [0.2, 0.25) is 0 Å². The number of nitrogens with one attached hydrogen (secondary N) is 1. The quantitative estimate of drug-likeness (QED) is 0.159. The van der Waals surface area contributed by atoms with Gasteiger partial charge in [0.2, 0.25) is 0 Å². The van der Waals surface area contributed by atoms with Crippen molar-refractivity contribution < 1.29 is 33.7 Å². The predicted octanol–water partition coefficient (Wildman–Crippen LogP) is 5.00. The van der Waals surface area contributed by atoms with Crippen molar-refractivity contribution in [3.8, 4) is 0 Å². The number of benzene rings is 4. The van der Waals surface area contributed by atoms with Gasteiger partial charge in [-0.2, -0.15) is 0 Å². The lowest BCUT2D eigenvalue weighted by Crippen LogP contribution is -2.54. The third kappa shape index (κ3) is 10.7. The molecule has 1 amide bonds. The molecule has 0 heterocycles. The molecule has 4 aromatic rings. The Balaban J connectivity index is 1.61. The topological polar surface area (TPSA) is 95.5 Å². The molecule has 4 rings (SSSR count). The van der Waals surface area contributed by atoms with Gasteiger partial charge in [-0.25, -0.2) is 5.48 Å². The van der Waals surface area contributed by atoms with Gasteiger partial charge < -0.3 is 24.1 Å². The average Bonchev–Trinajstić information content (AvgIpc) is 3.05. The third-order valence-corrected chi connectivity index (χ3v) is 6.71. The van der Waals surface area contributed by atoms with Crippen LogP contribution in [0, 0.1) is 0 Å². The van der Waals surface area contributed by atoms with Crippen LogP contribution in [0.5, 0.6) is 0 Å². The van der Waals surface area contributed by atoms with Crippen molar-refractivity contribution in [2.24, 2.45) is 0 Å². The molecule has 43 heavy (non-hydrogen) atoms. The fraction of sp³-hybridized carbons (Fsp3) is 0.286. The number of aliphatic hydroxyl groups excluding tert-OH is 1. The van der Waals surface area contributed by atoms with Crippen LogP contribution in [-0.2, 0) is 55.0 Å². The smallest absolute Gasteiger partial charge is 0.275 e. The van der Waals surface area contributed by atoms with E-state index in [4.69, 9.17) is 23.8 Å². The molecule has 0 aliphatic rings. The third-order valence-electron chi connectivity index (χ3n) is 6.71. The molecule has 0 radical (unpaired) electrons. The fourth-order valence-electron chi connectivity index (χ4n) is 4.52. The molecule has 8 heteroatoms. The molecular formula is C35H39NO7. The van der Waals surface area contributed by atoms with Gasteiger partial charge in [0.25, 0.3) is 5.91 Å². The second-order valence-corrected chi connectivity index (χ2v) is 9.98. The van der Waals surface area contributed by atoms with Crippen LogP contribution < -0.4 is 5.48 Å². The highest BCUT2D eigenvalue weighted by atomic mass is 16.6. The van der Waals surface area contributed by atoms with E-state index in [1.807, 2.05) is 121 Å². The number of hydrogen-bond acceptors (Lipinski definition) is 7. The van der Waals surface area contributed by atoms with E-state index in [2.05, 4.69) is 5.48 Å². The molecule has 4 aromatic carbocycles. The highest BCUT2D eigenvalue weighted by Gasteiger charge is 2.41. The molecule has 8 nitrogen and oxygen atoms in total. The maximum Gasteiger partial charge on any atom is 0.275 e. The van der Waals surface area contributed by atoms with Crippen molar-refractivity contribution in [1.29, 1.82) is 0 Å². The summed E-state index contributed by atoms with van der Waals surface area (Å²) in [5.74, 6) is -0.567. The van der Waals surface area contributed by atoms with Gasteiger partial charge in [-0.1, -0.05) is 121 Å². The Morgan fingerprint density at radius 1 is 0.605 bits per heavy atom. The van der Waals surface area contributed by atoms with Crippen molar-refractivity contribution in [3.05, 3.63) is 144 Å². The van der Waals surface area contributed by atoms with Gasteiger partial charge in [0.05, 0.1) is 40.1 Å². The normalized spacial score (nSPS) is 14.0. The minimum atomic E-state index is -1.20. The minimum Gasteiger partial charge on any atom is -0.388 e. The summed E-state index contributed by atoms with van der Waals surface area (Å²) in [7, 11) is 1.35. The fourth-order valence-corrected chi connectivity index (χ4v) is 4.52. The van der Waals surface area contributed by atoms with Gasteiger partial charge in [-0.05, 0) is 22.3 Å². The summed E-state index contributed by atoms with van der Waals surface area (Å²) in [6.07, 6.45) is -4.42. The SMILES string of the molecule is CONC(=O)[C@H](OCc1ccccc1)[C@@H](OCc1ccccc1)[C@H](OCc1ccccc1)[C@H](O)COCc1ccccc1. The average molecular weight is 586 g/mol. The molecule has 0 bridgehead atoms. The number of carbonyl (C=O) groups is 1. The zero-order valence-corrected chi connectivity index (χ0v) is 24.3. The van der Waals surface area contributed by atoms with Crippen LogP contribution in [0.15, 0.2) is 121 Å². The molecule has 0 aromatic heterocycles. The molecule has 2 N–H and O–H groups in total. The highest BCUT2D eigenvalue weighted by Crippen LogP contribution is 2.22. The van der Waals surface area contributed by atoms with Crippen molar-refractivity contribution in [2.45, 2.75) is 50.8 Å². The molecule has 0 aliphatic carbocycles. The summed E-state index contributed by atoms with van der Waals surface area (Å²) in [4.78, 5) is 18.4. The van der Waals surface area contributed by atoms with Crippen molar-refractivity contribution in [2.75, 3.05) is 13.7 Å². The first kappa shape index (κ1) is 32.0. The van der Waals surface area contributed by atoms with E-state index in [-0.39, 0.29) is 26.4 Å². The predicted molar refractivity (Wildman–Crippen MR) is 162 cm³/mol. The standard InChI is InChI=1S/C35H39NO7/c1-39-36-35(38)34(43-25-30-20-12-5-13-21-30)33(42-24-29-18-10-4-11-19-29)32(41-23-28-16-8-3-9-17-28)31(37)26-40-22-27-14-6-2-7-15-27/h2-21,31-34,37H,22-26H2,1H3,(H,36,38)/t31-,32-,33+,34-/m1/s1. The number of rotatable bonds is 18. The Bertz CT molecular complexity index is 1310. The Labute approximate surface area is 253 Å². The summed E-state index contributed by atoms with van der Waals surface area (Å²) in [6, 6.07) is 38.4. The maximum atomic E-state index is 13.4. The molecule has 226 valence electrons. The molecular weight excluding hydrogens is 546 g/mol. The number of ether oxygens (including phenoxy) is 4. The Hall–Kier alpha value is -3.89. The van der Waals surface area contributed by atoms with Crippen molar-refractivity contribution in [1.82, 2.24) is 5.48 Å². The van der Waals surface area contributed by atoms with Crippen LogP contribution in [-0.4, -0.2) is 49.1 Å². The van der Waals surface area contributed by atoms with Gasteiger partial charge in [-0.3, -0.25) is 9.63 Å². The molecule has 0 spiro atoms. The number of hydroxylamine groups is 1. The second kappa shape index (κ2) is 17.9. The maximum absolute atomic E-state index is 13.4. The summed E-state index contributed by atoms with van der Waals surface area (Å²) >= 11 is 0. The molecule has 0 saturated carbocycles. The zero-order chi connectivity index (χ0) is 30.1. The minimum absolute atomic E-state index is 0.0587. The van der Waals surface area contributed by atoms with Gasteiger partial charge in [0.1, 0.15) is 18.3 Å². The second-order valence-electron chi connectivity index (χ2n) is 9.98. The monoisotopic (exact) mass is 585 g/mol. The summed E-state index contributed by atoms with van der Waals surface area (Å²) in [6.45, 7) is 0.692. The number of hydrogen-bond donors (Lipinski definition) is 2. The van der Waals surface area contributed by atoms with Crippen LogP contribution in [0.4, 0.5) is 0 Å².